The van der Waals surface area contributed by atoms with Crippen molar-refractivity contribution in [1.82, 2.24) is 0 Å². The van der Waals surface area contributed by atoms with Gasteiger partial charge in [0, 0.05) is 30.7 Å². The first-order valence-corrected chi connectivity index (χ1v) is 21.0. The highest BCUT2D eigenvalue weighted by molar-refractivity contribution is 5.86. The van der Waals surface area contributed by atoms with Crippen LogP contribution in [-0.2, 0) is 42.7 Å². The molecule has 1 aromatic heterocycles. The van der Waals surface area contributed by atoms with Crippen LogP contribution in [-0.4, -0.2) is 217 Å². The van der Waals surface area contributed by atoms with Crippen molar-refractivity contribution < 1.29 is 118 Å². The van der Waals surface area contributed by atoms with E-state index >= 15 is 0 Å². The van der Waals surface area contributed by atoms with E-state index in [0.29, 0.717) is 11.3 Å². The Hall–Kier alpha value is -4.20. The van der Waals surface area contributed by atoms with Crippen molar-refractivity contribution in [2.45, 2.75) is 137 Å². The lowest BCUT2D eigenvalue weighted by Crippen LogP contribution is -2.67. The second-order valence-electron chi connectivity index (χ2n) is 16.4. The van der Waals surface area contributed by atoms with Crippen LogP contribution in [0.1, 0.15) is 13.8 Å². The van der Waals surface area contributed by atoms with Gasteiger partial charge in [-0.3, -0.25) is 9.59 Å². The smallest absolute Gasteiger partial charge is 0.302 e. The van der Waals surface area contributed by atoms with Crippen LogP contribution < -0.4 is 14.9 Å². The molecule has 2 aromatic carbocycles. The number of fused-ring (bicyclic) bond motifs is 1. The fourth-order valence-electron chi connectivity index (χ4n) is 7.98. The Balaban J connectivity index is 1.27. The third-order valence-corrected chi connectivity index (χ3v) is 11.8. The fraction of sp³-hybridized carbons (Fsp3) is 0.619. The Morgan fingerprint density at radius 2 is 1.21 bits per heavy atom. The van der Waals surface area contributed by atoms with E-state index in [2.05, 4.69) is 0 Å². The molecule has 0 unspecified atom stereocenters. The largest absolute Gasteiger partial charge is 0.507 e. The number of esters is 1. The SMILES string of the molecule is COc1ccc(-c2cc(=O)c3c(O)cc(O[C@@H]4O[C@H](CO[C@@H]5O[C@H](CO)[C@H](O)[C@H](O)[C@H]5O)[C@H](O[C@@H]5O[C@@H](C)[C@H](O)[C@H](O)[C@H]5O)[C@H](O)[C@H]4O[C@@H]4O[C@H](COC(C)=O)[C@H](O)[C@H](O)[C@@H]4O)cc3o2)cc1. The molecular formula is C42H54O25. The standard InChI is InChI=1S/C42H54O25/c1-14-27(47)30(50)34(54)40(60-14)66-37-25(13-59-39-33(53)31(51)28(48)23(11-43)63-39)65-42(38(36(37)56)67-41-35(55)32(52)29(49)24(64-41)12-58-15(2)44)61-18-8-19(45)26-20(46)10-21(62-22(26)9-18)16-4-6-17(57-3)7-5-16/h4-10,14,23-25,27-43,45,47-56H,11-13H2,1-3H3/t14-,23+,24+,25+,27-,28-,29-,30-,31-,32-,33+,34+,35-,36-,37-,38+,39+,40-,41-,42+/m0/s1. The number of rotatable bonds is 14. The highest BCUT2D eigenvalue weighted by Crippen LogP contribution is 2.37. The summed E-state index contributed by atoms with van der Waals surface area (Å²) in [4.78, 5) is 25.0. The van der Waals surface area contributed by atoms with Crippen LogP contribution in [0.2, 0.25) is 0 Å². The van der Waals surface area contributed by atoms with Crippen molar-refractivity contribution in [1.29, 1.82) is 0 Å². The molecule has 25 heteroatoms. The molecule has 372 valence electrons. The number of hydrogen-bond acceptors (Lipinski definition) is 25. The van der Waals surface area contributed by atoms with Gasteiger partial charge < -0.3 is 113 Å². The number of benzene rings is 2. The summed E-state index contributed by atoms with van der Waals surface area (Å²) in [6.45, 7) is 0.134. The molecule has 0 radical (unpaired) electrons. The number of ether oxygens (including phenoxy) is 10. The molecule has 67 heavy (non-hydrogen) atoms. The molecule has 0 bridgehead atoms. The molecule has 5 heterocycles. The van der Waals surface area contributed by atoms with E-state index in [-0.39, 0.29) is 22.5 Å². The van der Waals surface area contributed by atoms with Gasteiger partial charge in [0.05, 0.1) is 26.4 Å². The van der Waals surface area contributed by atoms with Gasteiger partial charge in [-0.2, -0.15) is 0 Å². The molecule has 4 fully saturated rings. The minimum absolute atomic E-state index is 0.0687. The maximum absolute atomic E-state index is 13.3. The van der Waals surface area contributed by atoms with Crippen molar-refractivity contribution in [2.24, 2.45) is 0 Å². The van der Waals surface area contributed by atoms with Gasteiger partial charge in [0.15, 0.2) is 30.4 Å². The summed E-state index contributed by atoms with van der Waals surface area (Å²) in [5, 5.41) is 129. The van der Waals surface area contributed by atoms with E-state index in [0.717, 1.165) is 19.1 Å². The van der Waals surface area contributed by atoms with Gasteiger partial charge >= 0.3 is 5.97 Å². The lowest BCUT2D eigenvalue weighted by atomic mass is 9.96. The van der Waals surface area contributed by atoms with Crippen LogP contribution in [0.25, 0.3) is 22.3 Å². The summed E-state index contributed by atoms with van der Waals surface area (Å²) in [5.74, 6) is -1.17. The van der Waals surface area contributed by atoms with Crippen LogP contribution in [0.5, 0.6) is 17.2 Å². The van der Waals surface area contributed by atoms with Gasteiger partial charge in [0.2, 0.25) is 6.29 Å². The zero-order valence-electron chi connectivity index (χ0n) is 35.9. The third-order valence-electron chi connectivity index (χ3n) is 11.8. The number of phenolic OH excluding ortho intramolecular Hbond substituents is 1. The van der Waals surface area contributed by atoms with E-state index in [9.17, 15) is 70.9 Å². The molecule has 0 aliphatic carbocycles. The molecule has 0 saturated carbocycles. The van der Waals surface area contributed by atoms with Gasteiger partial charge in [-0.25, -0.2) is 0 Å². The summed E-state index contributed by atoms with van der Waals surface area (Å²) < 4.78 is 63.3. The molecule has 4 aliphatic heterocycles. The van der Waals surface area contributed by atoms with E-state index < -0.39 is 160 Å². The van der Waals surface area contributed by atoms with Gasteiger partial charge in [0.1, 0.15) is 126 Å². The predicted molar refractivity (Wildman–Crippen MR) is 217 cm³/mol. The summed E-state index contributed by atoms with van der Waals surface area (Å²) in [7, 11) is 1.47. The van der Waals surface area contributed by atoms with Crippen molar-refractivity contribution >= 4 is 16.9 Å². The highest BCUT2D eigenvalue weighted by Gasteiger charge is 2.55. The predicted octanol–water partition coefficient (Wildman–Crippen LogP) is -4.58. The first-order chi connectivity index (χ1) is 31.8. The van der Waals surface area contributed by atoms with Crippen LogP contribution in [0.3, 0.4) is 0 Å². The van der Waals surface area contributed by atoms with Gasteiger partial charge in [-0.15, -0.1) is 0 Å². The second kappa shape index (κ2) is 21.2. The van der Waals surface area contributed by atoms with Crippen molar-refractivity contribution in [2.75, 3.05) is 26.9 Å². The number of aromatic hydroxyl groups is 1. The maximum Gasteiger partial charge on any atom is 0.302 e. The van der Waals surface area contributed by atoms with E-state index in [1.54, 1.807) is 24.3 Å². The number of methoxy groups -OCH3 is 1. The average molecular weight is 959 g/mol. The summed E-state index contributed by atoms with van der Waals surface area (Å²) in [5.41, 5.74) is -0.417. The third kappa shape index (κ3) is 10.7. The maximum atomic E-state index is 13.3. The Kier molecular flexibility index (Phi) is 16.0. The first-order valence-electron chi connectivity index (χ1n) is 21.0. The molecule has 12 N–H and O–H groups in total. The molecule has 20 atom stereocenters. The molecule has 25 nitrogen and oxygen atoms in total. The molecule has 7 rings (SSSR count). The van der Waals surface area contributed by atoms with Crippen molar-refractivity contribution in [3.8, 4) is 28.6 Å². The lowest BCUT2D eigenvalue weighted by molar-refractivity contribution is -0.382. The van der Waals surface area contributed by atoms with Gasteiger partial charge in [-0.1, -0.05) is 0 Å². The monoisotopic (exact) mass is 958 g/mol. The second-order valence-corrected chi connectivity index (χ2v) is 16.4. The summed E-state index contributed by atoms with van der Waals surface area (Å²) in [6.07, 6.45) is -36.3. The summed E-state index contributed by atoms with van der Waals surface area (Å²) in [6, 6.07) is 9.79. The van der Waals surface area contributed by atoms with E-state index in [4.69, 9.17) is 51.8 Å². The van der Waals surface area contributed by atoms with Crippen molar-refractivity contribution in [3.63, 3.8) is 0 Å². The van der Waals surface area contributed by atoms with Crippen LogP contribution in [0, 0.1) is 0 Å². The molecule has 3 aromatic rings. The zero-order chi connectivity index (χ0) is 48.6. The number of aliphatic hydroxyl groups is 11. The fourth-order valence-corrected chi connectivity index (χ4v) is 7.98. The number of phenols is 1. The molecule has 0 spiro atoms. The molecular weight excluding hydrogens is 904 g/mol. The van der Waals surface area contributed by atoms with Crippen LogP contribution >= 0.6 is 0 Å². The Morgan fingerprint density at radius 1 is 0.627 bits per heavy atom. The summed E-state index contributed by atoms with van der Waals surface area (Å²) >= 11 is 0. The Bertz CT molecular complexity index is 2190. The van der Waals surface area contributed by atoms with E-state index in [1.165, 1.54) is 20.1 Å². The minimum atomic E-state index is -2.13. The molecule has 0 amide bonds. The topological polar surface area (TPSA) is 382 Å². The number of hydrogen-bond donors (Lipinski definition) is 12. The first kappa shape index (κ1) is 50.7. The minimum Gasteiger partial charge on any atom is -0.507 e. The van der Waals surface area contributed by atoms with Gasteiger partial charge in [0.25, 0.3) is 0 Å². The molecule has 4 saturated heterocycles. The lowest BCUT2D eigenvalue weighted by Gasteiger charge is -2.49. The number of carbonyl (C=O) groups is 1. The van der Waals surface area contributed by atoms with Crippen LogP contribution in [0.15, 0.2) is 51.7 Å². The number of aliphatic hydroxyl groups excluding tert-OH is 11. The normalized spacial score (nSPS) is 39.2. The Labute approximate surface area is 379 Å². The zero-order valence-corrected chi connectivity index (χ0v) is 35.9. The number of carbonyl (C=O) groups excluding carboxylic acids is 1. The van der Waals surface area contributed by atoms with Crippen molar-refractivity contribution in [3.05, 3.63) is 52.7 Å². The van der Waals surface area contributed by atoms with Crippen LogP contribution in [0.4, 0.5) is 0 Å². The highest BCUT2D eigenvalue weighted by atomic mass is 16.8. The molecule has 4 aliphatic rings. The van der Waals surface area contributed by atoms with E-state index in [1.807, 2.05) is 0 Å². The van der Waals surface area contributed by atoms with Gasteiger partial charge in [-0.05, 0) is 31.2 Å². The Morgan fingerprint density at radius 3 is 1.85 bits per heavy atom. The quantitative estimate of drug-likeness (QED) is 0.0677. The average Bonchev–Trinajstić information content (AvgIpc) is 3.30.